The van der Waals surface area contributed by atoms with Crippen molar-refractivity contribution in [1.82, 2.24) is 9.80 Å². The summed E-state index contributed by atoms with van der Waals surface area (Å²) in [5, 5.41) is 10.5. The minimum atomic E-state index is -0.231. The van der Waals surface area contributed by atoms with E-state index < -0.39 is 0 Å². The molecular weight excluding hydrogens is 292 g/mol. The van der Waals surface area contributed by atoms with E-state index in [0.29, 0.717) is 19.3 Å². The van der Waals surface area contributed by atoms with E-state index in [1.807, 2.05) is 6.07 Å². The lowest BCUT2D eigenvalue weighted by atomic mass is 10.1. The zero-order valence-corrected chi connectivity index (χ0v) is 13.6. The van der Waals surface area contributed by atoms with Crippen molar-refractivity contribution in [2.45, 2.75) is 38.0 Å². The Balaban J connectivity index is 1.39. The van der Waals surface area contributed by atoms with Gasteiger partial charge in [0.25, 0.3) is 0 Å². The summed E-state index contributed by atoms with van der Waals surface area (Å²) in [5.41, 5.74) is 1.22. The van der Waals surface area contributed by atoms with Crippen molar-refractivity contribution in [2.75, 3.05) is 39.4 Å². The van der Waals surface area contributed by atoms with E-state index in [9.17, 15) is 5.11 Å². The lowest BCUT2D eigenvalue weighted by molar-refractivity contribution is 0.0706. The molecule has 5 heteroatoms. The van der Waals surface area contributed by atoms with Crippen LogP contribution in [0.2, 0.25) is 0 Å². The van der Waals surface area contributed by atoms with Gasteiger partial charge in [-0.05, 0) is 43.6 Å². The molecule has 1 aromatic rings. The summed E-state index contributed by atoms with van der Waals surface area (Å²) in [4.78, 5) is 4.84. The Morgan fingerprint density at radius 3 is 2.61 bits per heavy atom. The van der Waals surface area contributed by atoms with Crippen molar-refractivity contribution >= 4 is 0 Å². The number of piperidine rings is 1. The number of hydrogen-bond acceptors (Lipinski definition) is 5. The highest BCUT2D eigenvalue weighted by molar-refractivity contribution is 5.43. The van der Waals surface area contributed by atoms with Crippen LogP contribution in [-0.4, -0.2) is 66.4 Å². The molecule has 126 valence electrons. The van der Waals surface area contributed by atoms with Gasteiger partial charge in [0, 0.05) is 25.7 Å². The van der Waals surface area contributed by atoms with Crippen LogP contribution in [0.4, 0.5) is 0 Å². The van der Waals surface area contributed by atoms with E-state index in [0.717, 1.165) is 44.2 Å². The molecule has 1 aromatic carbocycles. The molecule has 0 aliphatic carbocycles. The summed E-state index contributed by atoms with van der Waals surface area (Å²) in [6, 6.07) is 6.48. The van der Waals surface area contributed by atoms with Gasteiger partial charge < -0.3 is 14.6 Å². The molecule has 5 nitrogen and oxygen atoms in total. The predicted octanol–water partition coefficient (Wildman–Crippen LogP) is 1.49. The van der Waals surface area contributed by atoms with Gasteiger partial charge >= 0.3 is 0 Å². The SMILES string of the molecule is O[C@@H]1CN(Cc2ccc3c(c2)OCCO3)C[C@H]1N1CCCCC1. The van der Waals surface area contributed by atoms with Gasteiger partial charge in [0.1, 0.15) is 13.2 Å². The van der Waals surface area contributed by atoms with Crippen LogP contribution in [0.25, 0.3) is 0 Å². The first-order valence-corrected chi connectivity index (χ1v) is 8.82. The number of β-amino-alcohol motifs (C(OH)–C–C–N with tert-alkyl or cyclic N) is 1. The molecule has 3 heterocycles. The normalized spacial score (nSPS) is 28.9. The molecule has 0 saturated carbocycles. The fraction of sp³-hybridized carbons (Fsp3) is 0.667. The summed E-state index contributed by atoms with van der Waals surface area (Å²) in [6.45, 7) is 6.10. The summed E-state index contributed by atoms with van der Waals surface area (Å²) >= 11 is 0. The van der Waals surface area contributed by atoms with Crippen LogP contribution < -0.4 is 9.47 Å². The number of aliphatic hydroxyl groups excluding tert-OH is 1. The van der Waals surface area contributed by atoms with Crippen LogP contribution >= 0.6 is 0 Å². The largest absolute Gasteiger partial charge is 0.486 e. The second kappa shape index (κ2) is 6.67. The number of ether oxygens (including phenoxy) is 2. The molecule has 0 spiro atoms. The van der Waals surface area contributed by atoms with E-state index in [2.05, 4.69) is 21.9 Å². The minimum Gasteiger partial charge on any atom is -0.486 e. The fourth-order valence-corrected chi connectivity index (χ4v) is 4.03. The number of fused-ring (bicyclic) bond motifs is 1. The quantitative estimate of drug-likeness (QED) is 0.915. The third-order valence-corrected chi connectivity index (χ3v) is 5.21. The maximum absolute atomic E-state index is 10.5. The number of benzene rings is 1. The number of hydrogen-bond donors (Lipinski definition) is 1. The van der Waals surface area contributed by atoms with Crippen LogP contribution in [0.15, 0.2) is 18.2 Å². The highest BCUT2D eigenvalue weighted by atomic mass is 16.6. The van der Waals surface area contributed by atoms with Crippen molar-refractivity contribution in [3.05, 3.63) is 23.8 Å². The molecule has 0 bridgehead atoms. The van der Waals surface area contributed by atoms with Crippen molar-refractivity contribution in [3.63, 3.8) is 0 Å². The zero-order chi connectivity index (χ0) is 15.6. The van der Waals surface area contributed by atoms with Gasteiger partial charge in [-0.1, -0.05) is 12.5 Å². The Morgan fingerprint density at radius 2 is 1.78 bits per heavy atom. The van der Waals surface area contributed by atoms with Gasteiger partial charge in [-0.2, -0.15) is 0 Å². The molecule has 0 aromatic heterocycles. The summed E-state index contributed by atoms with van der Waals surface area (Å²) in [7, 11) is 0. The Hall–Kier alpha value is -1.30. The van der Waals surface area contributed by atoms with Crippen LogP contribution in [0.3, 0.4) is 0 Å². The molecule has 2 saturated heterocycles. The first-order chi connectivity index (χ1) is 11.3. The minimum absolute atomic E-state index is 0.231. The standard InChI is InChI=1S/C18H26N2O3/c21-16-13-19(12-15(16)20-6-2-1-3-7-20)11-14-4-5-17-18(10-14)23-9-8-22-17/h4-5,10,15-16,21H,1-3,6-9,11-13H2/t15-,16-/m1/s1. The summed E-state index contributed by atoms with van der Waals surface area (Å²) in [6.07, 6.45) is 3.64. The molecule has 23 heavy (non-hydrogen) atoms. The molecule has 3 aliphatic heterocycles. The molecule has 3 aliphatic rings. The summed E-state index contributed by atoms with van der Waals surface area (Å²) in [5.74, 6) is 1.69. The van der Waals surface area contributed by atoms with Crippen molar-refractivity contribution in [1.29, 1.82) is 0 Å². The van der Waals surface area contributed by atoms with Gasteiger partial charge in [0.2, 0.25) is 0 Å². The molecule has 0 unspecified atom stereocenters. The molecule has 4 rings (SSSR count). The molecular formula is C18H26N2O3. The lowest BCUT2D eigenvalue weighted by Crippen LogP contribution is -2.45. The molecule has 2 fully saturated rings. The zero-order valence-electron chi connectivity index (χ0n) is 13.6. The third-order valence-electron chi connectivity index (χ3n) is 5.21. The number of aliphatic hydroxyl groups is 1. The van der Waals surface area contributed by atoms with Crippen molar-refractivity contribution in [2.24, 2.45) is 0 Å². The van der Waals surface area contributed by atoms with Gasteiger partial charge in [-0.15, -0.1) is 0 Å². The Labute approximate surface area is 137 Å². The topological polar surface area (TPSA) is 45.2 Å². The highest BCUT2D eigenvalue weighted by Crippen LogP contribution is 2.31. The average molecular weight is 318 g/mol. The highest BCUT2D eigenvalue weighted by Gasteiger charge is 2.35. The smallest absolute Gasteiger partial charge is 0.161 e. The van der Waals surface area contributed by atoms with Crippen molar-refractivity contribution in [3.8, 4) is 11.5 Å². The molecule has 2 atom stereocenters. The van der Waals surface area contributed by atoms with Gasteiger partial charge in [0.05, 0.1) is 6.10 Å². The van der Waals surface area contributed by atoms with Gasteiger partial charge in [-0.3, -0.25) is 9.80 Å². The monoisotopic (exact) mass is 318 g/mol. The van der Waals surface area contributed by atoms with Crippen LogP contribution in [0, 0.1) is 0 Å². The Kier molecular flexibility index (Phi) is 4.42. The van der Waals surface area contributed by atoms with Crippen LogP contribution in [0.5, 0.6) is 11.5 Å². The van der Waals surface area contributed by atoms with E-state index in [1.54, 1.807) is 0 Å². The van der Waals surface area contributed by atoms with E-state index in [-0.39, 0.29) is 6.10 Å². The second-order valence-corrected chi connectivity index (χ2v) is 6.90. The van der Waals surface area contributed by atoms with Gasteiger partial charge in [0.15, 0.2) is 11.5 Å². The average Bonchev–Trinajstić information content (AvgIpc) is 2.96. The second-order valence-electron chi connectivity index (χ2n) is 6.90. The third kappa shape index (κ3) is 3.32. The summed E-state index contributed by atoms with van der Waals surface area (Å²) < 4.78 is 11.2. The first-order valence-electron chi connectivity index (χ1n) is 8.82. The maximum Gasteiger partial charge on any atom is 0.161 e. The number of likely N-dealkylation sites (tertiary alicyclic amines) is 2. The number of nitrogens with zero attached hydrogens (tertiary/aromatic N) is 2. The fourth-order valence-electron chi connectivity index (χ4n) is 4.03. The van der Waals surface area contributed by atoms with E-state index in [1.165, 1.54) is 24.8 Å². The maximum atomic E-state index is 10.5. The van der Waals surface area contributed by atoms with Gasteiger partial charge in [-0.25, -0.2) is 0 Å². The lowest BCUT2D eigenvalue weighted by Gasteiger charge is -2.33. The first kappa shape index (κ1) is 15.2. The Bertz CT molecular complexity index is 545. The number of rotatable bonds is 3. The van der Waals surface area contributed by atoms with Crippen LogP contribution in [0.1, 0.15) is 24.8 Å². The molecule has 0 radical (unpaired) electrons. The van der Waals surface area contributed by atoms with E-state index >= 15 is 0 Å². The predicted molar refractivity (Wildman–Crippen MR) is 87.9 cm³/mol. The molecule has 0 amide bonds. The van der Waals surface area contributed by atoms with E-state index in [4.69, 9.17) is 9.47 Å². The van der Waals surface area contributed by atoms with Crippen molar-refractivity contribution < 1.29 is 14.6 Å². The Morgan fingerprint density at radius 1 is 1.00 bits per heavy atom. The molecule has 1 N–H and O–H groups in total. The van der Waals surface area contributed by atoms with Crippen LogP contribution in [-0.2, 0) is 6.54 Å².